The van der Waals surface area contributed by atoms with Gasteiger partial charge in [-0.1, -0.05) is 23.7 Å². The minimum Gasteiger partial charge on any atom is -0.353 e. The second kappa shape index (κ2) is 8.16. The molecule has 1 aliphatic rings. The molecule has 0 aliphatic carbocycles. The summed E-state index contributed by atoms with van der Waals surface area (Å²) in [7, 11) is 1.77. The van der Waals surface area contributed by atoms with Crippen molar-refractivity contribution < 1.29 is 4.39 Å². The Kier molecular flexibility index (Phi) is 5.71. The first-order chi connectivity index (χ1) is 12.2. The van der Waals surface area contributed by atoms with Gasteiger partial charge in [-0.2, -0.15) is 0 Å². The van der Waals surface area contributed by atoms with E-state index in [0.717, 1.165) is 43.5 Å². The predicted octanol–water partition coefficient (Wildman–Crippen LogP) is 2.77. The van der Waals surface area contributed by atoms with Gasteiger partial charge < -0.3 is 15.1 Å². The third kappa shape index (κ3) is 4.39. The normalized spacial score (nSPS) is 15.4. The van der Waals surface area contributed by atoms with Crippen molar-refractivity contribution >= 4 is 23.4 Å². The maximum atomic E-state index is 13.2. The largest absolute Gasteiger partial charge is 0.353 e. The fourth-order valence-electron chi connectivity index (χ4n) is 2.85. The Morgan fingerprint density at radius 3 is 2.68 bits per heavy atom. The van der Waals surface area contributed by atoms with E-state index in [-0.39, 0.29) is 5.02 Å². The molecule has 0 radical (unpaired) electrons. The van der Waals surface area contributed by atoms with Gasteiger partial charge in [-0.3, -0.25) is 4.99 Å². The molecule has 0 bridgehead atoms. The molecule has 1 fully saturated rings. The van der Waals surface area contributed by atoms with Gasteiger partial charge in [0.2, 0.25) is 0 Å². The van der Waals surface area contributed by atoms with Crippen LogP contribution in [0.4, 0.5) is 10.2 Å². The zero-order chi connectivity index (χ0) is 17.6. The number of halogens is 2. The molecular formula is C18H21ClFN5. The molecule has 1 aromatic carbocycles. The van der Waals surface area contributed by atoms with E-state index in [1.165, 1.54) is 6.07 Å². The van der Waals surface area contributed by atoms with Crippen molar-refractivity contribution in [2.75, 3.05) is 38.1 Å². The summed E-state index contributed by atoms with van der Waals surface area (Å²) in [6.07, 6.45) is 1.82. The first-order valence-electron chi connectivity index (χ1n) is 8.23. The lowest BCUT2D eigenvalue weighted by molar-refractivity contribution is 0.371. The summed E-state index contributed by atoms with van der Waals surface area (Å²) in [6.45, 7) is 4.05. The van der Waals surface area contributed by atoms with Crippen LogP contribution in [0.15, 0.2) is 47.6 Å². The highest BCUT2D eigenvalue weighted by molar-refractivity contribution is 6.30. The molecule has 0 spiro atoms. The lowest BCUT2D eigenvalue weighted by Gasteiger charge is -2.37. The van der Waals surface area contributed by atoms with E-state index in [1.807, 2.05) is 24.4 Å². The monoisotopic (exact) mass is 361 g/mol. The van der Waals surface area contributed by atoms with Crippen LogP contribution in [0.2, 0.25) is 5.02 Å². The number of aromatic nitrogens is 1. The van der Waals surface area contributed by atoms with Crippen LogP contribution >= 0.6 is 11.6 Å². The fourth-order valence-corrected chi connectivity index (χ4v) is 3.05. The van der Waals surface area contributed by atoms with E-state index in [4.69, 9.17) is 11.6 Å². The molecule has 1 aliphatic heterocycles. The molecule has 25 heavy (non-hydrogen) atoms. The average Bonchev–Trinajstić information content (AvgIpc) is 2.66. The van der Waals surface area contributed by atoms with Gasteiger partial charge in [-0.25, -0.2) is 9.37 Å². The number of nitrogens with one attached hydrogen (secondary N) is 1. The number of benzene rings is 1. The van der Waals surface area contributed by atoms with Crippen molar-refractivity contribution in [1.29, 1.82) is 0 Å². The summed E-state index contributed by atoms with van der Waals surface area (Å²) >= 11 is 5.83. The van der Waals surface area contributed by atoms with E-state index < -0.39 is 5.82 Å². The SMILES string of the molecule is CN=C(NCc1ccc(F)c(Cl)c1)N1CCN(c2ccccn2)CC1. The molecule has 1 aromatic heterocycles. The molecule has 0 saturated carbocycles. The topological polar surface area (TPSA) is 43.8 Å². The number of rotatable bonds is 3. The van der Waals surface area contributed by atoms with Crippen molar-refractivity contribution in [1.82, 2.24) is 15.2 Å². The van der Waals surface area contributed by atoms with E-state index >= 15 is 0 Å². The molecule has 2 heterocycles. The van der Waals surface area contributed by atoms with Crippen LogP contribution in [0, 0.1) is 5.82 Å². The van der Waals surface area contributed by atoms with Gasteiger partial charge >= 0.3 is 0 Å². The highest BCUT2D eigenvalue weighted by atomic mass is 35.5. The molecule has 0 unspecified atom stereocenters. The Labute approximate surface area is 152 Å². The average molecular weight is 362 g/mol. The highest BCUT2D eigenvalue weighted by Gasteiger charge is 2.20. The number of hydrogen-bond donors (Lipinski definition) is 1. The van der Waals surface area contributed by atoms with E-state index in [0.29, 0.717) is 6.54 Å². The standard InChI is InChI=1S/C18H21ClFN5/c1-21-18(23-13-14-5-6-16(20)15(19)12-14)25-10-8-24(9-11-25)17-4-2-3-7-22-17/h2-7,12H,8-11,13H2,1H3,(H,21,23). The predicted molar refractivity (Wildman–Crippen MR) is 99.6 cm³/mol. The summed E-state index contributed by atoms with van der Waals surface area (Å²) in [5.74, 6) is 1.44. The second-order valence-electron chi connectivity index (χ2n) is 5.81. The number of piperazine rings is 1. The maximum absolute atomic E-state index is 13.2. The van der Waals surface area contributed by atoms with Crippen LogP contribution < -0.4 is 10.2 Å². The van der Waals surface area contributed by atoms with Crippen LogP contribution in [-0.2, 0) is 6.54 Å². The minimum atomic E-state index is -0.402. The van der Waals surface area contributed by atoms with Crippen LogP contribution in [0.1, 0.15) is 5.56 Å². The first kappa shape index (κ1) is 17.5. The van der Waals surface area contributed by atoms with Crippen LogP contribution in [0.25, 0.3) is 0 Å². The number of aliphatic imine (C=N–C) groups is 1. The Morgan fingerprint density at radius 2 is 2.04 bits per heavy atom. The summed E-state index contributed by atoms with van der Waals surface area (Å²) in [4.78, 5) is 13.2. The third-order valence-electron chi connectivity index (χ3n) is 4.20. The lowest BCUT2D eigenvalue weighted by Crippen LogP contribution is -2.52. The van der Waals surface area contributed by atoms with Gasteiger partial charge in [0.1, 0.15) is 11.6 Å². The zero-order valence-electron chi connectivity index (χ0n) is 14.1. The Bertz CT molecular complexity index is 730. The quantitative estimate of drug-likeness (QED) is 0.674. The van der Waals surface area contributed by atoms with Gasteiger partial charge in [0, 0.05) is 46.0 Å². The number of pyridine rings is 1. The Hall–Kier alpha value is -2.34. The molecule has 3 rings (SSSR count). The molecule has 1 N–H and O–H groups in total. The summed E-state index contributed by atoms with van der Waals surface area (Å²) < 4.78 is 13.2. The Balaban J connectivity index is 1.55. The van der Waals surface area contributed by atoms with Crippen molar-refractivity contribution in [3.63, 3.8) is 0 Å². The first-order valence-corrected chi connectivity index (χ1v) is 8.60. The number of guanidine groups is 1. The maximum Gasteiger partial charge on any atom is 0.194 e. The van der Waals surface area contributed by atoms with E-state index in [9.17, 15) is 4.39 Å². The van der Waals surface area contributed by atoms with Crippen molar-refractivity contribution in [2.45, 2.75) is 6.54 Å². The fraction of sp³-hybridized carbons (Fsp3) is 0.333. The van der Waals surface area contributed by atoms with Gasteiger partial charge in [0.05, 0.1) is 5.02 Å². The number of hydrogen-bond acceptors (Lipinski definition) is 3. The van der Waals surface area contributed by atoms with Crippen LogP contribution in [0.3, 0.4) is 0 Å². The smallest absolute Gasteiger partial charge is 0.194 e. The van der Waals surface area contributed by atoms with Crippen molar-refractivity contribution in [3.05, 3.63) is 59.0 Å². The van der Waals surface area contributed by atoms with Gasteiger partial charge in [-0.05, 0) is 29.8 Å². The molecule has 132 valence electrons. The molecule has 1 saturated heterocycles. The number of nitrogens with zero attached hydrogens (tertiary/aromatic N) is 4. The van der Waals surface area contributed by atoms with E-state index in [2.05, 4.69) is 25.1 Å². The summed E-state index contributed by atoms with van der Waals surface area (Å²) in [5, 5.41) is 3.45. The molecule has 0 amide bonds. The summed E-state index contributed by atoms with van der Waals surface area (Å²) in [5.41, 5.74) is 0.916. The van der Waals surface area contributed by atoms with Gasteiger partial charge in [0.15, 0.2) is 5.96 Å². The van der Waals surface area contributed by atoms with Crippen molar-refractivity contribution in [3.8, 4) is 0 Å². The number of anilines is 1. The zero-order valence-corrected chi connectivity index (χ0v) is 14.9. The highest BCUT2D eigenvalue weighted by Crippen LogP contribution is 2.16. The third-order valence-corrected chi connectivity index (χ3v) is 4.49. The molecule has 0 atom stereocenters. The van der Waals surface area contributed by atoms with Crippen LogP contribution in [-0.4, -0.2) is 49.1 Å². The Morgan fingerprint density at radius 1 is 1.24 bits per heavy atom. The minimum absolute atomic E-state index is 0.137. The molecule has 7 heteroatoms. The second-order valence-corrected chi connectivity index (χ2v) is 6.22. The van der Waals surface area contributed by atoms with Crippen molar-refractivity contribution in [2.24, 2.45) is 4.99 Å². The summed E-state index contributed by atoms with van der Waals surface area (Å²) in [6, 6.07) is 10.7. The lowest BCUT2D eigenvalue weighted by atomic mass is 10.2. The van der Waals surface area contributed by atoms with Crippen LogP contribution in [0.5, 0.6) is 0 Å². The molecular weight excluding hydrogens is 341 g/mol. The molecule has 5 nitrogen and oxygen atoms in total. The van der Waals surface area contributed by atoms with E-state index in [1.54, 1.807) is 19.2 Å². The molecule has 2 aromatic rings. The van der Waals surface area contributed by atoms with Gasteiger partial charge in [0.25, 0.3) is 0 Å². The van der Waals surface area contributed by atoms with Gasteiger partial charge in [-0.15, -0.1) is 0 Å².